The Morgan fingerprint density at radius 2 is 1.73 bits per heavy atom. The van der Waals surface area contributed by atoms with Crippen LogP contribution in [0.2, 0.25) is 0 Å². The van der Waals surface area contributed by atoms with Gasteiger partial charge in [0.2, 0.25) is 0 Å². The highest BCUT2D eigenvalue weighted by Gasteiger charge is 2.11. The van der Waals surface area contributed by atoms with E-state index in [0.29, 0.717) is 25.5 Å². The molecule has 8 heteroatoms. The van der Waals surface area contributed by atoms with Gasteiger partial charge in [0.15, 0.2) is 5.96 Å². The van der Waals surface area contributed by atoms with E-state index in [1.165, 1.54) is 43.3 Å². The van der Waals surface area contributed by atoms with E-state index in [-0.39, 0.29) is 29.7 Å². The number of halogens is 1. The van der Waals surface area contributed by atoms with E-state index in [9.17, 15) is 8.42 Å². The van der Waals surface area contributed by atoms with E-state index in [1.807, 2.05) is 0 Å². The van der Waals surface area contributed by atoms with E-state index in [0.717, 1.165) is 6.54 Å². The summed E-state index contributed by atoms with van der Waals surface area (Å²) in [6.45, 7) is 4.74. The molecule has 26 heavy (non-hydrogen) atoms. The summed E-state index contributed by atoms with van der Waals surface area (Å²) in [5, 5.41) is 6.39. The normalized spacial score (nSPS) is 15.5. The molecule has 1 saturated heterocycles. The van der Waals surface area contributed by atoms with Gasteiger partial charge in [-0.25, -0.2) is 8.42 Å². The molecular weight excluding hydrogens is 463 g/mol. The fraction of sp³-hybridized carbons (Fsp3) is 0.611. The average Bonchev–Trinajstić information content (AvgIpc) is 3.07. The molecule has 1 fully saturated rings. The van der Waals surface area contributed by atoms with E-state index in [2.05, 4.69) is 44.8 Å². The van der Waals surface area contributed by atoms with Gasteiger partial charge in [-0.1, -0.05) is 24.3 Å². The van der Waals surface area contributed by atoms with Crippen LogP contribution in [0.15, 0.2) is 29.3 Å². The molecule has 2 N–H and O–H groups in total. The molecule has 2 rings (SSSR count). The van der Waals surface area contributed by atoms with E-state index >= 15 is 0 Å². The number of rotatable bonds is 8. The molecule has 148 valence electrons. The molecule has 1 aromatic rings. The van der Waals surface area contributed by atoms with Crippen LogP contribution in [0.25, 0.3) is 0 Å². The first kappa shape index (κ1) is 23.2. The predicted octanol–water partition coefficient (Wildman–Crippen LogP) is 2.00. The van der Waals surface area contributed by atoms with Gasteiger partial charge >= 0.3 is 0 Å². The number of hydrogen-bond donors (Lipinski definition) is 2. The molecule has 0 bridgehead atoms. The van der Waals surface area contributed by atoms with Gasteiger partial charge in [-0.05, 0) is 43.5 Å². The minimum absolute atomic E-state index is 0. The Bertz CT molecular complexity index is 656. The van der Waals surface area contributed by atoms with Crippen molar-refractivity contribution >= 4 is 39.8 Å². The van der Waals surface area contributed by atoms with Crippen LogP contribution in [0.3, 0.4) is 0 Å². The van der Waals surface area contributed by atoms with E-state index in [4.69, 9.17) is 0 Å². The first-order chi connectivity index (χ1) is 12.0. The Balaban J connectivity index is 0.00000338. The number of hydrogen-bond acceptors (Lipinski definition) is 4. The summed E-state index contributed by atoms with van der Waals surface area (Å²) in [5.41, 5.74) is 2.55. The molecule has 0 aromatic heterocycles. The van der Waals surface area contributed by atoms with Gasteiger partial charge in [0, 0.05) is 32.9 Å². The lowest BCUT2D eigenvalue weighted by Gasteiger charge is -2.15. The molecule has 0 atom stereocenters. The Morgan fingerprint density at radius 1 is 1.12 bits per heavy atom. The second kappa shape index (κ2) is 11.8. The van der Waals surface area contributed by atoms with Gasteiger partial charge in [-0.3, -0.25) is 9.89 Å². The second-order valence-corrected chi connectivity index (χ2v) is 8.90. The first-order valence-electron chi connectivity index (χ1n) is 8.89. The standard InChI is InChI=1S/C18H30N4O2S.HI/c1-19-18(20-10-5-13-25(2,23)24)21-14-16-6-8-17(9-7-16)15-22-11-3-4-12-22;/h6-9H,3-5,10-15H2,1-2H3,(H2,19,20,21);1H. The third-order valence-electron chi connectivity index (χ3n) is 4.30. The first-order valence-corrected chi connectivity index (χ1v) is 10.9. The number of aliphatic imine (C=N–C) groups is 1. The zero-order valence-corrected chi connectivity index (χ0v) is 18.8. The minimum Gasteiger partial charge on any atom is -0.356 e. The van der Waals surface area contributed by atoms with Crippen molar-refractivity contribution in [2.75, 3.05) is 38.7 Å². The number of nitrogens with zero attached hydrogens (tertiary/aromatic N) is 2. The SMILES string of the molecule is CN=C(NCCCS(C)(=O)=O)NCc1ccc(CN2CCCC2)cc1.I. The summed E-state index contributed by atoms with van der Waals surface area (Å²) < 4.78 is 22.2. The fourth-order valence-electron chi connectivity index (χ4n) is 2.91. The fourth-order valence-corrected chi connectivity index (χ4v) is 3.58. The summed E-state index contributed by atoms with van der Waals surface area (Å²) in [6, 6.07) is 8.68. The molecule has 1 aromatic carbocycles. The maximum Gasteiger partial charge on any atom is 0.191 e. The molecule has 0 spiro atoms. The highest BCUT2D eigenvalue weighted by molar-refractivity contribution is 14.0. The molecule has 0 saturated carbocycles. The van der Waals surface area contributed by atoms with Crippen molar-refractivity contribution in [3.63, 3.8) is 0 Å². The summed E-state index contributed by atoms with van der Waals surface area (Å²) >= 11 is 0. The van der Waals surface area contributed by atoms with Crippen molar-refractivity contribution in [2.24, 2.45) is 4.99 Å². The smallest absolute Gasteiger partial charge is 0.191 e. The number of likely N-dealkylation sites (tertiary alicyclic amines) is 1. The largest absolute Gasteiger partial charge is 0.356 e. The molecule has 1 aliphatic rings. The molecule has 0 amide bonds. The van der Waals surface area contributed by atoms with Crippen LogP contribution in [-0.4, -0.2) is 58.0 Å². The highest BCUT2D eigenvalue weighted by Crippen LogP contribution is 2.13. The zero-order chi connectivity index (χ0) is 18.1. The molecule has 1 aliphatic heterocycles. The number of nitrogens with one attached hydrogen (secondary N) is 2. The van der Waals surface area contributed by atoms with Crippen LogP contribution >= 0.6 is 24.0 Å². The van der Waals surface area contributed by atoms with Crippen molar-refractivity contribution in [3.05, 3.63) is 35.4 Å². The Kier molecular flexibility index (Phi) is 10.5. The molecule has 6 nitrogen and oxygen atoms in total. The lowest BCUT2D eigenvalue weighted by molar-refractivity contribution is 0.331. The quantitative estimate of drug-likeness (QED) is 0.250. The van der Waals surface area contributed by atoms with E-state index in [1.54, 1.807) is 7.05 Å². The maximum atomic E-state index is 11.1. The van der Waals surface area contributed by atoms with Crippen LogP contribution in [0.5, 0.6) is 0 Å². The van der Waals surface area contributed by atoms with Gasteiger partial charge in [0.1, 0.15) is 9.84 Å². The molecule has 0 aliphatic carbocycles. The predicted molar refractivity (Wildman–Crippen MR) is 119 cm³/mol. The van der Waals surface area contributed by atoms with Gasteiger partial charge in [-0.2, -0.15) is 0 Å². The monoisotopic (exact) mass is 494 g/mol. The Hall–Kier alpha value is -0.870. The lowest BCUT2D eigenvalue weighted by atomic mass is 10.1. The van der Waals surface area contributed by atoms with Crippen LogP contribution < -0.4 is 10.6 Å². The summed E-state index contributed by atoms with van der Waals surface area (Å²) in [4.78, 5) is 6.66. The maximum absolute atomic E-state index is 11.1. The Labute approximate surface area is 174 Å². The molecule has 0 radical (unpaired) electrons. The minimum atomic E-state index is -2.90. The van der Waals surface area contributed by atoms with Crippen molar-refractivity contribution in [3.8, 4) is 0 Å². The van der Waals surface area contributed by atoms with Crippen LogP contribution in [0.1, 0.15) is 30.4 Å². The van der Waals surface area contributed by atoms with Crippen LogP contribution in [-0.2, 0) is 22.9 Å². The average molecular weight is 494 g/mol. The molecule has 0 unspecified atom stereocenters. The highest BCUT2D eigenvalue weighted by atomic mass is 127. The van der Waals surface area contributed by atoms with Crippen LogP contribution in [0.4, 0.5) is 0 Å². The molecule has 1 heterocycles. The summed E-state index contributed by atoms with van der Waals surface area (Å²) in [5.74, 6) is 0.879. The second-order valence-electron chi connectivity index (χ2n) is 6.64. The lowest BCUT2D eigenvalue weighted by Crippen LogP contribution is -2.37. The summed E-state index contributed by atoms with van der Waals surface area (Å²) in [6.07, 6.45) is 4.47. The van der Waals surface area contributed by atoms with Gasteiger partial charge in [-0.15, -0.1) is 24.0 Å². The van der Waals surface area contributed by atoms with Crippen molar-refractivity contribution in [1.82, 2.24) is 15.5 Å². The number of guanidine groups is 1. The van der Waals surface area contributed by atoms with Gasteiger partial charge < -0.3 is 10.6 Å². The van der Waals surface area contributed by atoms with Crippen molar-refractivity contribution in [1.29, 1.82) is 0 Å². The van der Waals surface area contributed by atoms with E-state index < -0.39 is 9.84 Å². The van der Waals surface area contributed by atoms with Crippen LogP contribution in [0, 0.1) is 0 Å². The topological polar surface area (TPSA) is 73.8 Å². The summed E-state index contributed by atoms with van der Waals surface area (Å²) in [7, 11) is -1.19. The van der Waals surface area contributed by atoms with Gasteiger partial charge in [0.05, 0.1) is 5.75 Å². The third-order valence-corrected chi connectivity index (χ3v) is 5.33. The van der Waals surface area contributed by atoms with Gasteiger partial charge in [0.25, 0.3) is 0 Å². The third kappa shape index (κ3) is 9.18. The zero-order valence-electron chi connectivity index (χ0n) is 15.7. The van der Waals surface area contributed by atoms with Crippen molar-refractivity contribution < 1.29 is 8.42 Å². The van der Waals surface area contributed by atoms with Crippen molar-refractivity contribution in [2.45, 2.75) is 32.4 Å². The molecular formula is C18H31IN4O2S. The Morgan fingerprint density at radius 3 is 2.31 bits per heavy atom. The number of sulfone groups is 1. The number of benzene rings is 1.